The Labute approximate surface area is 169 Å². The fraction of sp³-hybridized carbons (Fsp3) is 0.300. The number of sulfone groups is 1. The molecule has 0 radical (unpaired) electrons. The predicted octanol–water partition coefficient (Wildman–Crippen LogP) is 1.78. The number of fused-ring (bicyclic) bond motifs is 3. The van der Waals surface area contributed by atoms with Crippen LogP contribution >= 0.6 is 0 Å². The molecule has 0 amide bonds. The normalized spacial score (nSPS) is 22.0. The zero-order chi connectivity index (χ0) is 19.8. The molecule has 3 aromatic rings. The Morgan fingerprint density at radius 2 is 1.97 bits per heavy atom. The molecule has 148 valence electrons. The molecule has 0 unspecified atom stereocenters. The highest BCUT2D eigenvalue weighted by Gasteiger charge is 2.47. The van der Waals surface area contributed by atoms with E-state index in [0.29, 0.717) is 31.1 Å². The van der Waals surface area contributed by atoms with Crippen LogP contribution in [0.15, 0.2) is 55.1 Å². The lowest BCUT2D eigenvalue weighted by Gasteiger charge is -2.26. The van der Waals surface area contributed by atoms with E-state index in [0.717, 1.165) is 17.1 Å². The summed E-state index contributed by atoms with van der Waals surface area (Å²) in [5.74, 6) is 1.05. The zero-order valence-corrected chi connectivity index (χ0v) is 16.5. The second-order valence-corrected chi connectivity index (χ2v) is 9.59. The van der Waals surface area contributed by atoms with Crippen LogP contribution in [0.1, 0.15) is 22.7 Å². The fourth-order valence-electron chi connectivity index (χ4n) is 4.10. The summed E-state index contributed by atoms with van der Waals surface area (Å²) in [6.07, 6.45) is 4.80. The Morgan fingerprint density at radius 1 is 1.10 bits per heavy atom. The molecule has 0 bridgehead atoms. The fourth-order valence-corrected chi connectivity index (χ4v) is 6.09. The maximum absolute atomic E-state index is 12.9. The smallest absolute Gasteiger partial charge is 0.223 e. The molecule has 2 atom stereocenters. The molecule has 2 aliphatic heterocycles. The van der Waals surface area contributed by atoms with E-state index in [9.17, 15) is 8.42 Å². The third kappa shape index (κ3) is 3.42. The Kier molecular flexibility index (Phi) is 4.39. The molecule has 1 fully saturated rings. The first-order chi connectivity index (χ1) is 14.1. The summed E-state index contributed by atoms with van der Waals surface area (Å²) in [7, 11) is -3.27. The number of hydrogen-bond donors (Lipinski definition) is 1. The van der Waals surface area contributed by atoms with Gasteiger partial charge in [0.15, 0.2) is 9.84 Å². The monoisotopic (exact) mass is 408 g/mol. The predicted molar refractivity (Wildman–Crippen MR) is 109 cm³/mol. The van der Waals surface area contributed by atoms with Gasteiger partial charge in [-0.2, -0.15) is 0 Å². The van der Waals surface area contributed by atoms with Gasteiger partial charge in [0.25, 0.3) is 0 Å². The van der Waals surface area contributed by atoms with E-state index in [1.54, 1.807) is 18.5 Å². The molecule has 0 saturated carbocycles. The summed E-state index contributed by atoms with van der Waals surface area (Å²) in [6.45, 7) is 1.59. The van der Waals surface area contributed by atoms with E-state index in [-0.39, 0.29) is 11.7 Å². The van der Waals surface area contributed by atoms with Crippen molar-refractivity contribution in [2.45, 2.75) is 23.5 Å². The van der Waals surface area contributed by atoms with Gasteiger partial charge >= 0.3 is 0 Å². The van der Waals surface area contributed by atoms with Crippen molar-refractivity contribution in [3.8, 4) is 0 Å². The van der Waals surface area contributed by atoms with Crippen LogP contribution in [0.2, 0.25) is 0 Å². The Hall–Kier alpha value is -3.07. The van der Waals surface area contributed by atoms with Gasteiger partial charge in [0.2, 0.25) is 5.95 Å². The summed E-state index contributed by atoms with van der Waals surface area (Å²) in [5, 5.41) is 2.76. The molecular weight excluding hydrogens is 388 g/mol. The van der Waals surface area contributed by atoms with Gasteiger partial charge in [-0.05, 0) is 11.6 Å². The quantitative estimate of drug-likeness (QED) is 0.697. The molecule has 4 heterocycles. The van der Waals surface area contributed by atoms with Crippen LogP contribution in [0.4, 0.5) is 11.8 Å². The number of rotatable bonds is 4. The van der Waals surface area contributed by atoms with Gasteiger partial charge < -0.3 is 10.2 Å². The van der Waals surface area contributed by atoms with Crippen LogP contribution in [0.3, 0.4) is 0 Å². The molecule has 1 saturated heterocycles. The Balaban J connectivity index is 1.43. The lowest BCUT2D eigenvalue weighted by atomic mass is 10.00. The van der Waals surface area contributed by atoms with E-state index in [1.807, 2.05) is 35.2 Å². The first-order valence-electron chi connectivity index (χ1n) is 9.46. The number of nitrogens with zero attached hydrogens (tertiary/aromatic N) is 5. The minimum atomic E-state index is -3.27. The number of hydrogen-bond acceptors (Lipinski definition) is 8. The molecule has 1 N–H and O–H groups in total. The Bertz CT molecular complexity index is 1120. The minimum absolute atomic E-state index is 0.0138. The van der Waals surface area contributed by atoms with Crippen molar-refractivity contribution in [2.24, 2.45) is 0 Å². The van der Waals surface area contributed by atoms with Crippen LogP contribution in [0.25, 0.3) is 0 Å². The summed E-state index contributed by atoms with van der Waals surface area (Å²) in [6, 6.07) is 11.8. The largest absolute Gasteiger partial charge is 0.354 e. The minimum Gasteiger partial charge on any atom is -0.354 e. The van der Waals surface area contributed by atoms with Crippen molar-refractivity contribution >= 4 is 21.6 Å². The molecule has 0 spiro atoms. The molecule has 9 heteroatoms. The van der Waals surface area contributed by atoms with Gasteiger partial charge in [-0.25, -0.2) is 28.4 Å². The highest BCUT2D eigenvalue weighted by Crippen LogP contribution is 2.40. The van der Waals surface area contributed by atoms with Crippen molar-refractivity contribution in [3.05, 3.63) is 71.9 Å². The lowest BCUT2D eigenvalue weighted by Crippen LogP contribution is -2.35. The first-order valence-corrected chi connectivity index (χ1v) is 11.2. The van der Waals surface area contributed by atoms with Gasteiger partial charge in [-0.1, -0.05) is 30.3 Å². The maximum atomic E-state index is 12.9. The zero-order valence-electron chi connectivity index (χ0n) is 15.6. The molecule has 2 aromatic heterocycles. The van der Waals surface area contributed by atoms with Crippen LogP contribution < -0.4 is 10.2 Å². The van der Waals surface area contributed by atoms with Gasteiger partial charge in [-0.15, -0.1) is 0 Å². The van der Waals surface area contributed by atoms with Crippen molar-refractivity contribution < 1.29 is 8.42 Å². The highest BCUT2D eigenvalue weighted by atomic mass is 32.2. The number of aromatic nitrogens is 4. The van der Waals surface area contributed by atoms with Crippen molar-refractivity contribution in [1.82, 2.24) is 19.9 Å². The summed E-state index contributed by atoms with van der Waals surface area (Å²) >= 11 is 0. The van der Waals surface area contributed by atoms with E-state index in [2.05, 4.69) is 20.3 Å². The highest BCUT2D eigenvalue weighted by molar-refractivity contribution is 7.91. The lowest BCUT2D eigenvalue weighted by molar-refractivity contribution is 0.563. The molecule has 5 rings (SSSR count). The summed E-state index contributed by atoms with van der Waals surface area (Å²) in [5.41, 5.74) is 2.65. The molecule has 2 aliphatic rings. The van der Waals surface area contributed by atoms with Gasteiger partial charge in [-0.3, -0.25) is 0 Å². The van der Waals surface area contributed by atoms with E-state index >= 15 is 0 Å². The molecular formula is C20H20N6O2S. The second-order valence-electron chi connectivity index (χ2n) is 7.37. The number of nitrogens with one attached hydrogen (secondary N) is 1. The van der Waals surface area contributed by atoms with Crippen LogP contribution in [0, 0.1) is 0 Å². The molecule has 29 heavy (non-hydrogen) atoms. The van der Waals surface area contributed by atoms with Gasteiger partial charge in [0.05, 0.1) is 16.7 Å². The second kappa shape index (κ2) is 7.07. The van der Waals surface area contributed by atoms with Crippen LogP contribution in [-0.4, -0.2) is 46.7 Å². The number of anilines is 2. The summed E-state index contributed by atoms with van der Waals surface area (Å²) < 4.78 is 25.7. The third-order valence-electron chi connectivity index (χ3n) is 5.52. The molecule has 8 nitrogen and oxygen atoms in total. The first kappa shape index (κ1) is 18.0. The van der Waals surface area contributed by atoms with Crippen LogP contribution in [-0.2, 0) is 22.1 Å². The van der Waals surface area contributed by atoms with E-state index in [4.69, 9.17) is 4.98 Å². The maximum Gasteiger partial charge on any atom is 0.223 e. The SMILES string of the molecule is O=S1(=O)Cc2cnc(NCc3ccccc3)nc2[C@@H]2CN(c3ccncn3)C[C@@H]21. The third-order valence-corrected chi connectivity index (χ3v) is 7.63. The van der Waals surface area contributed by atoms with Gasteiger partial charge in [0.1, 0.15) is 12.1 Å². The van der Waals surface area contributed by atoms with Gasteiger partial charge in [0, 0.05) is 43.5 Å². The van der Waals surface area contributed by atoms with Crippen molar-refractivity contribution in [1.29, 1.82) is 0 Å². The Morgan fingerprint density at radius 3 is 2.76 bits per heavy atom. The topological polar surface area (TPSA) is 101 Å². The molecule has 1 aromatic carbocycles. The summed E-state index contributed by atoms with van der Waals surface area (Å²) in [4.78, 5) is 19.3. The van der Waals surface area contributed by atoms with E-state index in [1.165, 1.54) is 6.33 Å². The standard InChI is InChI=1S/C20H20N6O2S/c27-29(28)12-15-9-23-20(22-8-14-4-2-1-3-5-14)25-19(15)16-10-26(11-17(16)29)18-6-7-21-13-24-18/h1-7,9,13,16-17H,8,10-12H2,(H,22,23,25)/t16-,17+/m1/s1. The average molecular weight is 408 g/mol. The van der Waals surface area contributed by atoms with Crippen molar-refractivity contribution in [3.63, 3.8) is 0 Å². The average Bonchev–Trinajstić information content (AvgIpc) is 3.21. The van der Waals surface area contributed by atoms with E-state index < -0.39 is 15.1 Å². The molecule has 0 aliphatic carbocycles. The van der Waals surface area contributed by atoms with Crippen LogP contribution in [0.5, 0.6) is 0 Å². The van der Waals surface area contributed by atoms with Crippen molar-refractivity contribution in [2.75, 3.05) is 23.3 Å². The number of benzene rings is 1.